The summed E-state index contributed by atoms with van der Waals surface area (Å²) in [5.41, 5.74) is 6.60. The number of likely N-dealkylation sites (N-methyl/N-ethyl adjacent to an activating group) is 2. The minimum absolute atomic E-state index is 0.0465. The summed E-state index contributed by atoms with van der Waals surface area (Å²) in [7, 11) is 20.7. The predicted molar refractivity (Wildman–Crippen MR) is 261 cm³/mol. The first-order valence-electron chi connectivity index (χ1n) is 23.2. The molecular formula is C54H70N2O13+2. The van der Waals surface area contributed by atoms with Crippen LogP contribution in [0.3, 0.4) is 0 Å². The first-order valence-corrected chi connectivity index (χ1v) is 23.2. The SMILES string of the molecule is COc1ccc(CC2c3cc(OC)c(OC)cc3CC[N+]2(C)CCCC(=O)C#CC(=O)OCCC[N+]2(C)CCc3cc(OC)c(OC)c(OC)c3C2Cc2cc(OC)c(OC)c(OC)c2)cc1OC. The van der Waals surface area contributed by atoms with Crippen molar-refractivity contribution >= 4 is 11.8 Å². The molecule has 0 amide bonds. The molecule has 0 aromatic heterocycles. The number of methoxy groups -OCH3 is 10. The minimum atomic E-state index is -0.728. The number of quaternary nitrogens is 2. The summed E-state index contributed by atoms with van der Waals surface area (Å²) < 4.78 is 64.2. The van der Waals surface area contributed by atoms with Crippen LogP contribution in [-0.4, -0.2) is 139 Å². The third-order valence-electron chi connectivity index (χ3n) is 14.0. The maximum absolute atomic E-state index is 13.2. The van der Waals surface area contributed by atoms with Gasteiger partial charge in [0, 0.05) is 56.4 Å². The van der Waals surface area contributed by atoms with Crippen molar-refractivity contribution in [2.75, 3.05) is 118 Å². The minimum Gasteiger partial charge on any atom is -0.493 e. The van der Waals surface area contributed by atoms with Gasteiger partial charge in [0.25, 0.3) is 0 Å². The van der Waals surface area contributed by atoms with Crippen LogP contribution >= 0.6 is 0 Å². The van der Waals surface area contributed by atoms with E-state index in [1.165, 1.54) is 11.1 Å². The van der Waals surface area contributed by atoms with Crippen LogP contribution in [0.5, 0.6) is 57.5 Å². The Hall–Kier alpha value is -6.50. The van der Waals surface area contributed by atoms with Crippen LogP contribution in [0.15, 0.2) is 48.5 Å². The predicted octanol–water partition coefficient (Wildman–Crippen LogP) is 7.33. The summed E-state index contributed by atoms with van der Waals surface area (Å²) in [6, 6.07) is 16.1. The van der Waals surface area contributed by atoms with Crippen molar-refractivity contribution in [3.05, 3.63) is 81.9 Å². The first kappa shape index (κ1) is 51.9. The molecule has 69 heavy (non-hydrogen) atoms. The van der Waals surface area contributed by atoms with E-state index in [1.54, 1.807) is 71.1 Å². The smallest absolute Gasteiger partial charge is 0.384 e. The summed E-state index contributed by atoms with van der Waals surface area (Å²) in [6.45, 7) is 3.18. The maximum atomic E-state index is 13.2. The molecule has 15 nitrogen and oxygen atoms in total. The summed E-state index contributed by atoms with van der Waals surface area (Å²) in [4.78, 5) is 26.1. The average Bonchev–Trinajstić information content (AvgIpc) is 3.37. The number of hydrogen-bond donors (Lipinski definition) is 0. The van der Waals surface area contributed by atoms with Gasteiger partial charge in [0.2, 0.25) is 17.3 Å². The van der Waals surface area contributed by atoms with Gasteiger partial charge in [-0.25, -0.2) is 4.79 Å². The lowest BCUT2D eigenvalue weighted by atomic mass is 9.85. The highest BCUT2D eigenvalue weighted by atomic mass is 16.5. The van der Waals surface area contributed by atoms with E-state index in [1.807, 2.05) is 30.3 Å². The van der Waals surface area contributed by atoms with Crippen LogP contribution in [0, 0.1) is 11.8 Å². The molecule has 0 spiro atoms. The number of Topliss-reactive ketones (excluding diaryl/α,β-unsaturated/α-hetero) is 1. The highest BCUT2D eigenvalue weighted by Gasteiger charge is 2.43. The third-order valence-corrected chi connectivity index (χ3v) is 14.0. The number of ketones is 1. The fourth-order valence-electron chi connectivity index (χ4n) is 10.3. The maximum Gasteiger partial charge on any atom is 0.384 e. The van der Waals surface area contributed by atoms with Crippen LogP contribution in [0.1, 0.15) is 64.7 Å². The van der Waals surface area contributed by atoms with Crippen LogP contribution in [0.2, 0.25) is 0 Å². The molecule has 4 aromatic carbocycles. The fraction of sp³-hybridized carbons (Fsp3) is 0.481. The van der Waals surface area contributed by atoms with Gasteiger partial charge in [-0.1, -0.05) is 6.07 Å². The molecule has 0 fully saturated rings. The Bertz CT molecular complexity index is 2510. The van der Waals surface area contributed by atoms with E-state index in [4.69, 9.17) is 52.1 Å². The lowest BCUT2D eigenvalue weighted by Gasteiger charge is -2.46. The number of nitrogens with zero attached hydrogens (tertiary/aromatic N) is 2. The van der Waals surface area contributed by atoms with Gasteiger partial charge in [0.1, 0.15) is 12.1 Å². The molecule has 0 bridgehead atoms. The zero-order valence-corrected chi connectivity index (χ0v) is 42.5. The Balaban J connectivity index is 1.12. The molecule has 2 aliphatic heterocycles. The number of rotatable bonds is 22. The monoisotopic (exact) mass is 954 g/mol. The van der Waals surface area contributed by atoms with Gasteiger partial charge in [-0.2, -0.15) is 0 Å². The Morgan fingerprint density at radius 1 is 0.522 bits per heavy atom. The zero-order chi connectivity index (χ0) is 49.9. The van der Waals surface area contributed by atoms with E-state index in [0.717, 1.165) is 61.2 Å². The quantitative estimate of drug-likeness (QED) is 0.0195. The third kappa shape index (κ3) is 11.4. The Morgan fingerprint density at radius 2 is 1.03 bits per heavy atom. The lowest BCUT2D eigenvalue weighted by Crippen LogP contribution is -2.52. The van der Waals surface area contributed by atoms with E-state index in [2.05, 4.69) is 44.1 Å². The molecule has 0 saturated carbocycles. The van der Waals surface area contributed by atoms with Crippen molar-refractivity contribution in [3.63, 3.8) is 0 Å². The molecule has 4 aromatic rings. The first-order chi connectivity index (χ1) is 33.3. The van der Waals surface area contributed by atoms with Crippen molar-refractivity contribution in [1.29, 1.82) is 0 Å². The fourth-order valence-corrected chi connectivity index (χ4v) is 10.3. The topological polar surface area (TPSA) is 136 Å². The van der Waals surface area contributed by atoms with Crippen molar-refractivity contribution < 1.29 is 70.7 Å². The molecular weight excluding hydrogens is 885 g/mol. The zero-order valence-electron chi connectivity index (χ0n) is 42.5. The molecule has 0 aliphatic carbocycles. The van der Waals surface area contributed by atoms with Crippen molar-refractivity contribution in [3.8, 4) is 69.3 Å². The average molecular weight is 955 g/mol. The highest BCUT2D eigenvalue weighted by molar-refractivity contribution is 6.01. The molecule has 2 heterocycles. The number of carbonyl (C=O) groups is 2. The van der Waals surface area contributed by atoms with Crippen molar-refractivity contribution in [2.45, 2.75) is 57.0 Å². The van der Waals surface area contributed by atoms with E-state index in [-0.39, 0.29) is 30.9 Å². The van der Waals surface area contributed by atoms with Gasteiger partial charge in [-0.15, -0.1) is 0 Å². The van der Waals surface area contributed by atoms with Crippen LogP contribution in [0.25, 0.3) is 0 Å². The lowest BCUT2D eigenvalue weighted by molar-refractivity contribution is -0.941. The number of ether oxygens (including phenoxy) is 11. The number of fused-ring (bicyclic) bond motifs is 2. The molecule has 4 atom stereocenters. The number of carbonyl (C=O) groups excluding carboxylic acids is 2. The van der Waals surface area contributed by atoms with Gasteiger partial charge in [0.15, 0.2) is 46.0 Å². The van der Waals surface area contributed by atoms with Crippen LogP contribution in [0.4, 0.5) is 0 Å². The number of benzene rings is 4. The van der Waals surface area contributed by atoms with Crippen molar-refractivity contribution in [2.24, 2.45) is 0 Å². The van der Waals surface area contributed by atoms with Gasteiger partial charge >= 0.3 is 5.97 Å². The summed E-state index contributed by atoms with van der Waals surface area (Å²) in [5.74, 6) is 10.1. The Morgan fingerprint density at radius 3 is 1.64 bits per heavy atom. The van der Waals surface area contributed by atoms with E-state index >= 15 is 0 Å². The van der Waals surface area contributed by atoms with Crippen LogP contribution in [-0.2, 0) is 40.0 Å². The summed E-state index contributed by atoms with van der Waals surface area (Å²) in [6.07, 6.45) is 4.26. The summed E-state index contributed by atoms with van der Waals surface area (Å²) >= 11 is 0. The molecule has 6 rings (SSSR count). The van der Waals surface area contributed by atoms with Gasteiger partial charge in [-0.3, -0.25) is 4.79 Å². The van der Waals surface area contributed by atoms with Gasteiger partial charge in [-0.05, 0) is 70.6 Å². The standard InChI is InChI=1S/C54H70N2O13/c1-55(24-20-37-32-45(61-5)46(62-6)34-40(37)41(55)27-35-16-18-43(59-3)44(29-35)60-4)22-13-15-39(57)17-19-50(58)69-26-14-23-56(2)25-21-38-33-49(65-9)53(67-11)54(68-12)51(38)42(56)28-36-30-47(63-7)52(66-10)48(31-36)64-8/h16,18,29-34,41-42H,13-15,20-28H2,1-12H3/q+2. The molecule has 15 heteroatoms. The summed E-state index contributed by atoms with van der Waals surface area (Å²) in [5, 5.41) is 0. The molecule has 4 unspecified atom stereocenters. The largest absolute Gasteiger partial charge is 0.493 e. The molecule has 2 aliphatic rings. The van der Waals surface area contributed by atoms with Crippen LogP contribution < -0.4 is 47.4 Å². The van der Waals surface area contributed by atoms with E-state index in [9.17, 15) is 9.59 Å². The van der Waals surface area contributed by atoms with Gasteiger partial charge < -0.3 is 61.1 Å². The Kier molecular flexibility index (Phi) is 17.4. The second-order valence-corrected chi connectivity index (χ2v) is 17.9. The van der Waals surface area contributed by atoms with E-state index in [0.29, 0.717) is 92.3 Å². The molecule has 0 N–H and O–H groups in total. The Labute approximate surface area is 407 Å². The van der Waals surface area contributed by atoms with Gasteiger partial charge in [0.05, 0.1) is 124 Å². The second-order valence-electron chi connectivity index (χ2n) is 17.9. The number of hydrogen-bond acceptors (Lipinski definition) is 13. The normalized spacial score (nSPS) is 19.1. The second kappa shape index (κ2) is 23.2. The highest BCUT2D eigenvalue weighted by Crippen LogP contribution is 2.51. The molecule has 0 saturated heterocycles. The van der Waals surface area contributed by atoms with Crippen molar-refractivity contribution in [1.82, 2.24) is 0 Å². The molecule has 0 radical (unpaired) electrons. The number of esters is 1. The van der Waals surface area contributed by atoms with E-state index < -0.39 is 5.97 Å². The molecule has 372 valence electrons.